The molecule has 1 aromatic heterocycles. The molecule has 29 heavy (non-hydrogen) atoms. The number of carbonyl (C=O) groups excluding carboxylic acids is 1. The highest BCUT2D eigenvalue weighted by Gasteiger charge is 2.15. The Morgan fingerprint density at radius 2 is 2.00 bits per heavy atom. The number of rotatable bonds is 6. The lowest BCUT2D eigenvalue weighted by Gasteiger charge is -2.14. The van der Waals surface area contributed by atoms with E-state index < -0.39 is 0 Å². The summed E-state index contributed by atoms with van der Waals surface area (Å²) in [5.74, 6) is 0.207. The molecule has 0 fully saturated rings. The normalized spacial score (nSPS) is 11.5. The van der Waals surface area contributed by atoms with E-state index in [2.05, 4.69) is 10.3 Å². The number of aryl methyl sites for hydroxylation is 2. The highest BCUT2D eigenvalue weighted by molar-refractivity contribution is 5.93. The second kappa shape index (κ2) is 10.5. The van der Waals surface area contributed by atoms with Gasteiger partial charge in [-0.1, -0.05) is 12.1 Å². The van der Waals surface area contributed by atoms with Crippen molar-refractivity contribution < 1.29 is 13.9 Å². The minimum absolute atomic E-state index is 0. The summed E-state index contributed by atoms with van der Waals surface area (Å²) in [6.07, 6.45) is -0.134. The van der Waals surface area contributed by atoms with Crippen LogP contribution in [0.25, 0.3) is 22.4 Å². The summed E-state index contributed by atoms with van der Waals surface area (Å²) in [4.78, 5) is 16.8. The van der Waals surface area contributed by atoms with Crippen LogP contribution in [-0.4, -0.2) is 35.2 Å². The molecule has 3 aromatic rings. The van der Waals surface area contributed by atoms with Crippen LogP contribution in [0.1, 0.15) is 12.0 Å². The van der Waals surface area contributed by atoms with Crippen LogP contribution in [0.15, 0.2) is 36.4 Å². The van der Waals surface area contributed by atoms with E-state index >= 15 is 0 Å². The van der Waals surface area contributed by atoms with E-state index in [0.29, 0.717) is 17.0 Å². The van der Waals surface area contributed by atoms with Gasteiger partial charge in [0.25, 0.3) is 0 Å². The monoisotopic (exact) mass is 442 g/mol. The molecule has 0 spiro atoms. The zero-order chi connectivity index (χ0) is 19.6. The second-order valence-corrected chi connectivity index (χ2v) is 6.50. The van der Waals surface area contributed by atoms with Gasteiger partial charge in [-0.05, 0) is 30.7 Å². The largest absolute Gasteiger partial charge is 0.380 e. The SMILES string of the molecule is COC(CN)CC(=O)Nc1cc(-c2nc3cc(F)ccc3n2C)ccc1C.Cl.Cl. The van der Waals surface area contributed by atoms with Crippen molar-refractivity contribution in [1.29, 1.82) is 0 Å². The Hall–Kier alpha value is -2.19. The van der Waals surface area contributed by atoms with Crippen LogP contribution in [0.4, 0.5) is 10.1 Å². The summed E-state index contributed by atoms with van der Waals surface area (Å²) in [6, 6.07) is 10.2. The maximum absolute atomic E-state index is 13.5. The van der Waals surface area contributed by atoms with Gasteiger partial charge in [0.1, 0.15) is 11.6 Å². The fourth-order valence-corrected chi connectivity index (χ4v) is 3.00. The Kier molecular flexibility index (Phi) is 9.04. The van der Waals surface area contributed by atoms with E-state index in [0.717, 1.165) is 16.6 Å². The number of nitrogens with one attached hydrogen (secondary N) is 1. The van der Waals surface area contributed by atoms with Crippen molar-refractivity contribution in [2.75, 3.05) is 19.0 Å². The zero-order valence-corrected chi connectivity index (χ0v) is 18.1. The molecule has 1 heterocycles. The molecule has 2 aromatic carbocycles. The lowest BCUT2D eigenvalue weighted by molar-refractivity contribution is -0.118. The summed E-state index contributed by atoms with van der Waals surface area (Å²) < 4.78 is 20.6. The van der Waals surface area contributed by atoms with E-state index in [-0.39, 0.29) is 55.6 Å². The first-order valence-corrected chi connectivity index (χ1v) is 8.68. The number of halogens is 3. The quantitative estimate of drug-likeness (QED) is 0.607. The Balaban J connectivity index is 0.00000210. The molecule has 0 aliphatic heterocycles. The predicted octanol–water partition coefficient (Wildman–Crippen LogP) is 3.83. The van der Waals surface area contributed by atoms with Crippen LogP contribution in [0.2, 0.25) is 0 Å². The predicted molar refractivity (Wildman–Crippen MR) is 118 cm³/mol. The van der Waals surface area contributed by atoms with Gasteiger partial charge in [0.2, 0.25) is 5.91 Å². The number of hydrogen-bond acceptors (Lipinski definition) is 4. The van der Waals surface area contributed by atoms with E-state index in [4.69, 9.17) is 10.5 Å². The van der Waals surface area contributed by atoms with E-state index in [1.165, 1.54) is 19.2 Å². The molecule has 0 radical (unpaired) electrons. The van der Waals surface area contributed by atoms with Crippen molar-refractivity contribution in [3.63, 3.8) is 0 Å². The molecule has 1 unspecified atom stereocenters. The van der Waals surface area contributed by atoms with Crippen molar-refractivity contribution in [3.8, 4) is 11.4 Å². The fraction of sp³-hybridized carbons (Fsp3) is 0.300. The molecule has 3 N–H and O–H groups in total. The number of benzene rings is 2. The van der Waals surface area contributed by atoms with Crippen molar-refractivity contribution in [2.24, 2.45) is 12.8 Å². The summed E-state index contributed by atoms with van der Waals surface area (Å²) in [7, 11) is 3.41. The number of amides is 1. The van der Waals surface area contributed by atoms with Gasteiger partial charge in [0.15, 0.2) is 0 Å². The minimum atomic E-state index is -0.323. The first kappa shape index (κ1) is 24.8. The first-order valence-electron chi connectivity index (χ1n) is 8.68. The molecule has 0 saturated carbocycles. The molecule has 3 rings (SSSR count). The number of ether oxygens (including phenoxy) is 1. The van der Waals surface area contributed by atoms with Gasteiger partial charge in [-0.25, -0.2) is 9.37 Å². The molecule has 0 aliphatic carbocycles. The van der Waals surface area contributed by atoms with Gasteiger partial charge >= 0.3 is 0 Å². The molecule has 158 valence electrons. The molecule has 1 atom stereocenters. The standard InChI is InChI=1S/C20H23FN4O2.2ClH/c1-12-4-5-13(8-16(12)23-19(26)10-15(11-22)27-3)20-24-17-9-14(21)6-7-18(17)25(20)2;;/h4-9,15H,10-11,22H2,1-3H3,(H,23,26);2*1H. The Morgan fingerprint density at radius 3 is 2.66 bits per heavy atom. The Labute approximate surface area is 181 Å². The molecule has 0 aliphatic rings. The Morgan fingerprint density at radius 1 is 1.28 bits per heavy atom. The van der Waals surface area contributed by atoms with Gasteiger partial charge in [-0.15, -0.1) is 24.8 Å². The van der Waals surface area contributed by atoms with Crippen LogP contribution in [0.5, 0.6) is 0 Å². The van der Waals surface area contributed by atoms with Crippen LogP contribution in [0, 0.1) is 12.7 Å². The van der Waals surface area contributed by atoms with Crippen molar-refractivity contribution in [2.45, 2.75) is 19.4 Å². The minimum Gasteiger partial charge on any atom is -0.380 e. The third-order valence-electron chi connectivity index (χ3n) is 4.62. The number of anilines is 1. The molecule has 6 nitrogen and oxygen atoms in total. The number of imidazole rings is 1. The number of fused-ring (bicyclic) bond motifs is 1. The smallest absolute Gasteiger partial charge is 0.227 e. The zero-order valence-electron chi connectivity index (χ0n) is 16.4. The first-order chi connectivity index (χ1) is 12.9. The van der Waals surface area contributed by atoms with E-state index in [1.807, 2.05) is 36.7 Å². The number of nitrogens with zero attached hydrogens (tertiary/aromatic N) is 2. The maximum Gasteiger partial charge on any atom is 0.227 e. The molecular weight excluding hydrogens is 418 g/mol. The number of methoxy groups -OCH3 is 1. The molecule has 1 amide bonds. The van der Waals surface area contributed by atoms with Gasteiger partial charge in [0, 0.05) is 38.0 Å². The van der Waals surface area contributed by atoms with Gasteiger partial charge in [-0.3, -0.25) is 4.79 Å². The van der Waals surface area contributed by atoms with Crippen LogP contribution < -0.4 is 11.1 Å². The summed E-state index contributed by atoms with van der Waals surface area (Å²) >= 11 is 0. The topological polar surface area (TPSA) is 82.2 Å². The molecule has 9 heteroatoms. The third kappa shape index (κ3) is 5.45. The maximum atomic E-state index is 13.5. The van der Waals surface area contributed by atoms with Crippen molar-refractivity contribution in [3.05, 3.63) is 47.8 Å². The average Bonchev–Trinajstić information content (AvgIpc) is 2.97. The fourth-order valence-electron chi connectivity index (χ4n) is 3.00. The van der Waals surface area contributed by atoms with E-state index in [9.17, 15) is 9.18 Å². The van der Waals surface area contributed by atoms with Crippen LogP contribution in [0.3, 0.4) is 0 Å². The Bertz CT molecular complexity index is 990. The highest BCUT2D eigenvalue weighted by Crippen LogP contribution is 2.28. The number of aromatic nitrogens is 2. The van der Waals surface area contributed by atoms with Crippen molar-refractivity contribution >= 4 is 47.4 Å². The summed E-state index contributed by atoms with van der Waals surface area (Å²) in [5, 5.41) is 2.91. The average molecular weight is 443 g/mol. The summed E-state index contributed by atoms with van der Waals surface area (Å²) in [5.41, 5.74) is 9.46. The second-order valence-electron chi connectivity index (χ2n) is 6.50. The molecule has 0 bridgehead atoms. The van der Waals surface area contributed by atoms with Gasteiger partial charge in [0.05, 0.1) is 23.6 Å². The molecule has 0 saturated heterocycles. The van der Waals surface area contributed by atoms with Crippen molar-refractivity contribution in [1.82, 2.24) is 9.55 Å². The number of nitrogens with two attached hydrogens (primary N) is 1. The summed E-state index contributed by atoms with van der Waals surface area (Å²) in [6.45, 7) is 2.19. The van der Waals surface area contributed by atoms with Gasteiger partial charge < -0.3 is 20.4 Å². The lowest BCUT2D eigenvalue weighted by Crippen LogP contribution is -2.28. The van der Waals surface area contributed by atoms with E-state index in [1.54, 1.807) is 6.07 Å². The molecular formula is C20H25Cl2FN4O2. The highest BCUT2D eigenvalue weighted by atomic mass is 35.5. The third-order valence-corrected chi connectivity index (χ3v) is 4.62. The van der Waals surface area contributed by atoms with Crippen LogP contribution in [-0.2, 0) is 16.6 Å². The van der Waals surface area contributed by atoms with Gasteiger partial charge in [-0.2, -0.15) is 0 Å². The number of hydrogen-bond donors (Lipinski definition) is 2. The number of carbonyl (C=O) groups is 1. The van der Waals surface area contributed by atoms with Crippen LogP contribution >= 0.6 is 24.8 Å². The lowest BCUT2D eigenvalue weighted by atomic mass is 10.1.